The Balaban J connectivity index is 0.719. The average Bonchev–Trinajstić information content (AvgIpc) is 3.67. The summed E-state index contributed by atoms with van der Waals surface area (Å²) in [5.41, 5.74) is 3.16. The number of imide groups is 2. The van der Waals surface area contributed by atoms with Gasteiger partial charge in [-0.2, -0.15) is 5.26 Å². The van der Waals surface area contributed by atoms with Crippen molar-refractivity contribution in [1.82, 2.24) is 45.2 Å². The first-order valence-electron chi connectivity index (χ1n) is 20.9. The van der Waals surface area contributed by atoms with Crippen LogP contribution in [0.25, 0.3) is 27.4 Å². The molecular weight excluding hydrogens is 816 g/mol. The van der Waals surface area contributed by atoms with Crippen LogP contribution < -0.4 is 20.9 Å². The molecule has 5 aromatic rings. The predicted octanol–water partition coefficient (Wildman–Crippen LogP) is 3.89. The van der Waals surface area contributed by atoms with Crippen molar-refractivity contribution in [1.29, 1.82) is 5.26 Å². The summed E-state index contributed by atoms with van der Waals surface area (Å²) < 4.78 is 17.4. The minimum Gasteiger partial charge on any atom is -0.382 e. The molecule has 4 aromatic heterocycles. The van der Waals surface area contributed by atoms with Crippen molar-refractivity contribution in [3.05, 3.63) is 76.4 Å². The molecule has 19 heteroatoms. The number of fused-ring (bicyclic) bond motifs is 2. The van der Waals surface area contributed by atoms with Gasteiger partial charge in [-0.05, 0) is 69.2 Å². The Morgan fingerprint density at radius 2 is 1.65 bits per heavy atom. The summed E-state index contributed by atoms with van der Waals surface area (Å²) in [4.78, 5) is 77.6. The van der Waals surface area contributed by atoms with Gasteiger partial charge in [0.05, 0.1) is 34.5 Å². The van der Waals surface area contributed by atoms with E-state index in [0.29, 0.717) is 43.6 Å². The quantitative estimate of drug-likeness (QED) is 0.171. The maximum Gasteiger partial charge on any atom is 0.262 e. The fraction of sp³-hybridized carbons (Fsp3) is 0.395. The van der Waals surface area contributed by atoms with Crippen LogP contribution >= 0.6 is 11.3 Å². The van der Waals surface area contributed by atoms with Crippen LogP contribution in [0.5, 0.6) is 0 Å². The number of nitriles is 1. The number of nitrogens with zero attached hydrogens (tertiary/aromatic N) is 9. The van der Waals surface area contributed by atoms with Gasteiger partial charge in [-0.15, -0.1) is 10.2 Å². The lowest BCUT2D eigenvalue weighted by Crippen LogP contribution is -2.54. The Hall–Kier alpha value is -6.65. The van der Waals surface area contributed by atoms with Gasteiger partial charge in [0.15, 0.2) is 5.01 Å². The van der Waals surface area contributed by atoms with E-state index in [0.717, 1.165) is 81.8 Å². The summed E-state index contributed by atoms with van der Waals surface area (Å²) >= 11 is 1.58. The maximum absolute atomic E-state index is 15.4. The Labute approximate surface area is 358 Å². The number of halogens is 1. The number of nitrogens with one attached hydrogen (secondary N) is 3. The van der Waals surface area contributed by atoms with Gasteiger partial charge in [0.1, 0.15) is 34.4 Å². The van der Waals surface area contributed by atoms with E-state index >= 15 is 4.39 Å². The van der Waals surface area contributed by atoms with E-state index in [4.69, 9.17) is 4.98 Å². The number of carbonyl (C=O) groups excluding carboxylic acids is 5. The van der Waals surface area contributed by atoms with Crippen LogP contribution in [0.1, 0.15) is 88.6 Å². The van der Waals surface area contributed by atoms with Crippen molar-refractivity contribution in [2.45, 2.75) is 75.4 Å². The molecule has 2 saturated carbocycles. The van der Waals surface area contributed by atoms with Gasteiger partial charge in [-0.25, -0.2) is 14.4 Å². The fourth-order valence-corrected chi connectivity index (χ4v) is 9.96. The van der Waals surface area contributed by atoms with Crippen LogP contribution in [0.15, 0.2) is 48.9 Å². The summed E-state index contributed by atoms with van der Waals surface area (Å²) in [6, 6.07) is 9.63. The molecule has 1 unspecified atom stereocenters. The summed E-state index contributed by atoms with van der Waals surface area (Å²) in [7, 11) is 0. The maximum atomic E-state index is 15.4. The number of rotatable bonds is 10. The lowest BCUT2D eigenvalue weighted by atomic mass is 9.86. The number of hydrogen-bond donors (Lipinski definition) is 3. The molecular formula is C43H41FN12O5S. The van der Waals surface area contributed by atoms with Crippen molar-refractivity contribution in [3.8, 4) is 22.5 Å². The number of amides is 5. The number of piperazine rings is 1. The van der Waals surface area contributed by atoms with Crippen LogP contribution in [0.3, 0.4) is 0 Å². The Morgan fingerprint density at radius 3 is 2.39 bits per heavy atom. The fourth-order valence-electron chi connectivity index (χ4n) is 8.92. The van der Waals surface area contributed by atoms with Crippen LogP contribution in [-0.2, 0) is 14.4 Å². The Kier molecular flexibility index (Phi) is 10.2. The molecule has 2 aliphatic carbocycles. The van der Waals surface area contributed by atoms with Crippen molar-refractivity contribution < 1.29 is 28.4 Å². The number of pyridine rings is 2. The second kappa shape index (κ2) is 16.0. The van der Waals surface area contributed by atoms with Crippen LogP contribution in [0.4, 0.5) is 15.8 Å². The Bertz CT molecular complexity index is 2710. The lowest BCUT2D eigenvalue weighted by molar-refractivity contribution is -0.136. The number of anilines is 2. The van der Waals surface area contributed by atoms with E-state index in [2.05, 4.69) is 37.2 Å². The topological polar surface area (TPSA) is 211 Å². The van der Waals surface area contributed by atoms with E-state index in [-0.39, 0.29) is 54.1 Å². The zero-order valence-electron chi connectivity index (χ0n) is 33.5. The Morgan fingerprint density at radius 1 is 0.887 bits per heavy atom. The van der Waals surface area contributed by atoms with E-state index in [1.807, 2.05) is 40.1 Å². The van der Waals surface area contributed by atoms with Crippen LogP contribution in [0, 0.1) is 17.1 Å². The lowest BCUT2D eigenvalue weighted by Gasteiger charge is -2.36. The third-order valence-corrected chi connectivity index (χ3v) is 13.5. The summed E-state index contributed by atoms with van der Waals surface area (Å²) in [6.07, 6.45) is 10.9. The molecule has 3 aliphatic heterocycles. The normalized spacial score (nSPS) is 21.8. The molecule has 316 valence electrons. The van der Waals surface area contributed by atoms with Gasteiger partial charge in [-0.1, -0.05) is 11.3 Å². The smallest absolute Gasteiger partial charge is 0.262 e. The molecule has 0 spiro atoms. The number of carbonyl (C=O) groups is 5. The van der Waals surface area contributed by atoms with Gasteiger partial charge in [0.25, 0.3) is 11.8 Å². The monoisotopic (exact) mass is 856 g/mol. The highest BCUT2D eigenvalue weighted by atomic mass is 32.1. The second-order valence-corrected chi connectivity index (χ2v) is 17.6. The molecule has 0 bridgehead atoms. The third-order valence-electron chi connectivity index (χ3n) is 12.4. The standard InChI is InChI=1S/C43H41FN12O5S/c44-31-16-28-29(43(61)56(42(28)60)33-7-8-36(57)50-39(33)59)17-34(31)54-13-11-53(12-14-54)22-37(58)49-27-3-1-24(2-4-27)40-51-52-41(62-40)30-21-46-35(18-32(30)48-26-5-6-26)55-10-9-25-15-23(19-45)20-47-38(25)55/h9-10,15-18,20-21,24,26-27,33H,1-8,11-14,22H2,(H,46,48)(H,49,58)(H,50,57,59). The first kappa shape index (κ1) is 39.5. The van der Waals surface area contributed by atoms with E-state index in [1.54, 1.807) is 22.4 Å². The minimum absolute atomic E-state index is 0.00412. The molecule has 62 heavy (non-hydrogen) atoms. The number of piperidine rings is 1. The van der Waals surface area contributed by atoms with E-state index in [9.17, 15) is 29.2 Å². The summed E-state index contributed by atoms with van der Waals surface area (Å²) in [5, 5.41) is 30.2. The molecule has 10 rings (SSSR count). The zero-order chi connectivity index (χ0) is 42.6. The van der Waals surface area contributed by atoms with Crippen molar-refractivity contribution >= 4 is 63.3 Å². The molecule has 0 radical (unpaired) electrons. The first-order chi connectivity index (χ1) is 30.1. The molecule has 1 atom stereocenters. The first-order valence-corrected chi connectivity index (χ1v) is 21.7. The average molecular weight is 857 g/mol. The largest absolute Gasteiger partial charge is 0.382 e. The number of benzene rings is 1. The van der Waals surface area contributed by atoms with Crippen LogP contribution in [-0.4, -0.2) is 115 Å². The zero-order valence-corrected chi connectivity index (χ0v) is 34.3. The molecule has 17 nitrogen and oxygen atoms in total. The summed E-state index contributed by atoms with van der Waals surface area (Å²) in [6.45, 7) is 2.00. The SMILES string of the molecule is N#Cc1cnc2c(ccn2-c2cc(NC3CC3)c(-c3nnc(C4CCC(NC(=O)CN5CCN(c6cc7c(cc6F)C(=O)N(C6CCC(=O)NC6=O)C7=O)CC5)CC4)s3)cn2)c1. The van der Waals surface area contributed by atoms with Gasteiger partial charge in [-0.3, -0.25) is 43.7 Å². The second-order valence-electron chi connectivity index (χ2n) is 16.6. The van der Waals surface area contributed by atoms with Crippen LogP contribution in [0.2, 0.25) is 0 Å². The van der Waals surface area contributed by atoms with Gasteiger partial charge in [0.2, 0.25) is 17.7 Å². The molecule has 5 amide bonds. The van der Waals surface area contributed by atoms with Crippen molar-refractivity contribution in [2.24, 2.45) is 0 Å². The predicted molar refractivity (Wildman–Crippen MR) is 224 cm³/mol. The van der Waals surface area contributed by atoms with Crippen molar-refractivity contribution in [2.75, 3.05) is 42.9 Å². The molecule has 1 aromatic carbocycles. The van der Waals surface area contributed by atoms with E-state index in [1.165, 1.54) is 6.07 Å². The molecule has 3 N–H and O–H groups in total. The number of aromatic nitrogens is 5. The van der Waals surface area contributed by atoms with Gasteiger partial charge in [0, 0.05) is 86.3 Å². The van der Waals surface area contributed by atoms with Crippen molar-refractivity contribution in [3.63, 3.8) is 0 Å². The molecule has 5 aliphatic rings. The highest BCUT2D eigenvalue weighted by molar-refractivity contribution is 7.14. The minimum atomic E-state index is -1.13. The molecule has 7 heterocycles. The van der Waals surface area contributed by atoms with Gasteiger partial charge < -0.3 is 15.5 Å². The number of hydrogen-bond acceptors (Lipinski definition) is 14. The third kappa shape index (κ3) is 7.53. The molecule has 4 fully saturated rings. The van der Waals surface area contributed by atoms with E-state index < -0.39 is 35.5 Å². The molecule has 2 saturated heterocycles. The highest BCUT2D eigenvalue weighted by Gasteiger charge is 2.45. The van der Waals surface area contributed by atoms with Gasteiger partial charge >= 0.3 is 0 Å². The summed E-state index contributed by atoms with van der Waals surface area (Å²) in [5.74, 6) is -2.41. The highest BCUT2D eigenvalue weighted by Crippen LogP contribution is 2.40.